The summed E-state index contributed by atoms with van der Waals surface area (Å²) < 4.78 is 15.1. The molecule has 6 heteroatoms. The smallest absolute Gasteiger partial charge is 0.261 e. The van der Waals surface area contributed by atoms with Gasteiger partial charge in [0.05, 0.1) is 22.9 Å². The number of hydrogen-bond acceptors (Lipinski definition) is 3. The fourth-order valence-corrected chi connectivity index (χ4v) is 2.80. The van der Waals surface area contributed by atoms with E-state index >= 15 is 0 Å². The molecule has 1 unspecified atom stereocenters. The number of anilines is 1. The zero-order chi connectivity index (χ0) is 18.0. The Balaban J connectivity index is 2.02. The zero-order valence-electron chi connectivity index (χ0n) is 13.9. The summed E-state index contributed by atoms with van der Waals surface area (Å²) in [5, 5.41) is 3.00. The van der Waals surface area contributed by atoms with Crippen LogP contribution >= 0.6 is 0 Å². The molecule has 0 aliphatic rings. The quantitative estimate of drug-likeness (QED) is 0.792. The van der Waals surface area contributed by atoms with Gasteiger partial charge in [-0.2, -0.15) is 0 Å². The van der Waals surface area contributed by atoms with Gasteiger partial charge in [0.2, 0.25) is 5.91 Å². The molecule has 0 saturated carbocycles. The molecule has 128 valence electrons. The van der Waals surface area contributed by atoms with Crippen molar-refractivity contribution in [1.82, 2.24) is 9.55 Å². The number of fused-ring (bicyclic) bond motifs is 1. The number of carbonyl (C=O) groups is 1. The lowest BCUT2D eigenvalue weighted by Gasteiger charge is -2.22. The zero-order valence-corrected chi connectivity index (χ0v) is 13.9. The molecule has 3 rings (SSSR count). The summed E-state index contributed by atoms with van der Waals surface area (Å²) >= 11 is 0. The van der Waals surface area contributed by atoms with E-state index in [2.05, 4.69) is 10.3 Å². The molecular formula is C19H18FN3O2. The highest BCUT2D eigenvalue weighted by molar-refractivity contribution is 5.94. The maximum absolute atomic E-state index is 13.8. The molecule has 1 amide bonds. The summed E-state index contributed by atoms with van der Waals surface area (Å²) in [4.78, 5) is 29.8. The number of amides is 1. The van der Waals surface area contributed by atoms with Crippen LogP contribution in [0, 0.1) is 11.7 Å². The summed E-state index contributed by atoms with van der Waals surface area (Å²) in [6.07, 6.45) is 1.37. The highest BCUT2D eigenvalue weighted by Gasteiger charge is 2.26. The van der Waals surface area contributed by atoms with Crippen molar-refractivity contribution in [2.24, 2.45) is 5.92 Å². The number of hydrogen-bond donors (Lipinski definition) is 1. The number of nitrogens with one attached hydrogen (secondary N) is 1. The molecule has 0 aliphatic heterocycles. The van der Waals surface area contributed by atoms with Crippen molar-refractivity contribution >= 4 is 22.5 Å². The topological polar surface area (TPSA) is 64.0 Å². The van der Waals surface area contributed by atoms with Gasteiger partial charge in [-0.25, -0.2) is 9.37 Å². The fraction of sp³-hybridized carbons (Fsp3) is 0.211. The number of para-hydroxylation sites is 2. The molecule has 0 saturated heterocycles. The van der Waals surface area contributed by atoms with Gasteiger partial charge in [-0.1, -0.05) is 38.1 Å². The van der Waals surface area contributed by atoms with E-state index in [9.17, 15) is 14.0 Å². The minimum absolute atomic E-state index is 0.0833. The Morgan fingerprint density at radius 2 is 1.80 bits per heavy atom. The van der Waals surface area contributed by atoms with Crippen LogP contribution in [0.3, 0.4) is 0 Å². The first kappa shape index (κ1) is 16.8. The summed E-state index contributed by atoms with van der Waals surface area (Å²) in [6, 6.07) is 12.1. The second-order valence-electron chi connectivity index (χ2n) is 6.13. The Kier molecular flexibility index (Phi) is 4.61. The number of aromatic nitrogens is 2. The van der Waals surface area contributed by atoms with Crippen LogP contribution < -0.4 is 10.9 Å². The molecule has 0 fully saturated rings. The van der Waals surface area contributed by atoms with E-state index in [-0.39, 0.29) is 17.2 Å². The molecule has 0 bridgehead atoms. The first-order valence-corrected chi connectivity index (χ1v) is 8.00. The molecule has 0 spiro atoms. The average Bonchev–Trinajstić information content (AvgIpc) is 2.59. The fourth-order valence-electron chi connectivity index (χ4n) is 2.80. The van der Waals surface area contributed by atoms with Gasteiger partial charge >= 0.3 is 0 Å². The van der Waals surface area contributed by atoms with Crippen LogP contribution in [0.2, 0.25) is 0 Å². The number of carbonyl (C=O) groups excluding carboxylic acids is 1. The lowest BCUT2D eigenvalue weighted by molar-refractivity contribution is -0.120. The summed E-state index contributed by atoms with van der Waals surface area (Å²) in [7, 11) is 0. The second kappa shape index (κ2) is 6.84. The summed E-state index contributed by atoms with van der Waals surface area (Å²) in [5.41, 5.74) is 0.355. The van der Waals surface area contributed by atoms with E-state index < -0.39 is 17.8 Å². The van der Waals surface area contributed by atoms with Crippen molar-refractivity contribution in [1.29, 1.82) is 0 Å². The molecule has 0 aliphatic carbocycles. The van der Waals surface area contributed by atoms with Crippen LogP contribution in [0.1, 0.15) is 19.9 Å². The largest absolute Gasteiger partial charge is 0.322 e. The Hall–Kier alpha value is -3.02. The number of rotatable bonds is 4. The third-order valence-corrected chi connectivity index (χ3v) is 4.02. The van der Waals surface area contributed by atoms with Crippen molar-refractivity contribution < 1.29 is 9.18 Å². The van der Waals surface area contributed by atoms with E-state index in [4.69, 9.17) is 0 Å². The molecule has 25 heavy (non-hydrogen) atoms. The summed E-state index contributed by atoms with van der Waals surface area (Å²) in [5.74, 6) is -1.17. The SMILES string of the molecule is CC(C)C(C(=O)Nc1ccccc1F)n1cnc2ccccc2c1=O. The minimum Gasteiger partial charge on any atom is -0.322 e. The minimum atomic E-state index is -0.802. The average molecular weight is 339 g/mol. The van der Waals surface area contributed by atoms with Crippen LogP contribution in [-0.2, 0) is 4.79 Å². The molecule has 0 radical (unpaired) electrons. The Morgan fingerprint density at radius 1 is 1.12 bits per heavy atom. The van der Waals surface area contributed by atoms with Gasteiger partial charge < -0.3 is 5.32 Å². The normalized spacial score (nSPS) is 12.3. The number of benzene rings is 2. The van der Waals surface area contributed by atoms with E-state index in [1.54, 1.807) is 36.4 Å². The monoisotopic (exact) mass is 339 g/mol. The van der Waals surface area contributed by atoms with Gasteiger partial charge in [0, 0.05) is 0 Å². The van der Waals surface area contributed by atoms with Crippen molar-refractivity contribution in [2.45, 2.75) is 19.9 Å². The van der Waals surface area contributed by atoms with E-state index in [0.717, 1.165) is 0 Å². The Morgan fingerprint density at radius 3 is 2.52 bits per heavy atom. The molecule has 3 aromatic rings. The van der Waals surface area contributed by atoms with Gasteiger partial charge in [0.15, 0.2) is 0 Å². The van der Waals surface area contributed by atoms with Crippen LogP contribution in [-0.4, -0.2) is 15.5 Å². The second-order valence-corrected chi connectivity index (χ2v) is 6.13. The van der Waals surface area contributed by atoms with Crippen molar-refractivity contribution in [3.63, 3.8) is 0 Å². The van der Waals surface area contributed by atoms with Gasteiger partial charge in [-0.05, 0) is 30.2 Å². The van der Waals surface area contributed by atoms with Crippen molar-refractivity contribution in [3.8, 4) is 0 Å². The molecule has 1 N–H and O–H groups in total. The van der Waals surface area contributed by atoms with Crippen LogP contribution in [0.15, 0.2) is 59.7 Å². The van der Waals surface area contributed by atoms with E-state index in [0.29, 0.717) is 10.9 Å². The predicted octanol–water partition coefficient (Wildman–Crippen LogP) is 3.37. The van der Waals surface area contributed by atoms with Crippen LogP contribution in [0.25, 0.3) is 10.9 Å². The highest BCUT2D eigenvalue weighted by Crippen LogP contribution is 2.21. The third-order valence-electron chi connectivity index (χ3n) is 4.02. The highest BCUT2D eigenvalue weighted by atomic mass is 19.1. The van der Waals surface area contributed by atoms with Gasteiger partial charge in [-0.15, -0.1) is 0 Å². The maximum Gasteiger partial charge on any atom is 0.261 e. The van der Waals surface area contributed by atoms with E-state index in [1.165, 1.54) is 23.0 Å². The summed E-state index contributed by atoms with van der Waals surface area (Å²) in [6.45, 7) is 3.65. The number of nitrogens with zero attached hydrogens (tertiary/aromatic N) is 2. The number of halogens is 1. The molecular weight excluding hydrogens is 321 g/mol. The van der Waals surface area contributed by atoms with Crippen molar-refractivity contribution in [2.75, 3.05) is 5.32 Å². The molecule has 5 nitrogen and oxygen atoms in total. The van der Waals surface area contributed by atoms with Crippen LogP contribution in [0.5, 0.6) is 0 Å². The Labute approximate surface area is 144 Å². The predicted molar refractivity (Wildman–Crippen MR) is 94.9 cm³/mol. The van der Waals surface area contributed by atoms with Gasteiger partial charge in [-0.3, -0.25) is 14.2 Å². The van der Waals surface area contributed by atoms with E-state index in [1.807, 2.05) is 13.8 Å². The first-order valence-electron chi connectivity index (χ1n) is 8.00. The standard InChI is InChI=1S/C19H18FN3O2/c1-12(2)17(18(24)22-16-10-6-4-8-14(16)20)23-11-21-15-9-5-3-7-13(15)19(23)25/h3-12,17H,1-2H3,(H,22,24). The third kappa shape index (κ3) is 3.28. The van der Waals surface area contributed by atoms with Crippen LogP contribution in [0.4, 0.5) is 10.1 Å². The molecule has 1 atom stereocenters. The molecule has 1 heterocycles. The maximum atomic E-state index is 13.8. The van der Waals surface area contributed by atoms with Crippen molar-refractivity contribution in [3.05, 3.63) is 71.0 Å². The molecule has 2 aromatic carbocycles. The van der Waals surface area contributed by atoms with Gasteiger partial charge in [0.1, 0.15) is 11.9 Å². The lowest BCUT2D eigenvalue weighted by Crippen LogP contribution is -2.36. The first-order chi connectivity index (χ1) is 12.0. The molecule has 1 aromatic heterocycles. The van der Waals surface area contributed by atoms with Gasteiger partial charge in [0.25, 0.3) is 5.56 Å². The Bertz CT molecular complexity index is 982. The lowest BCUT2D eigenvalue weighted by atomic mass is 10.0.